The molecule has 0 amide bonds. The number of piperidine rings is 1. The summed E-state index contributed by atoms with van der Waals surface area (Å²) in [6, 6.07) is 0. The van der Waals surface area contributed by atoms with Gasteiger partial charge in [-0.05, 0) is 57.7 Å². The Morgan fingerprint density at radius 2 is 1.82 bits per heavy atom. The third-order valence-corrected chi connectivity index (χ3v) is 4.93. The Balaban J connectivity index is 1.64. The van der Waals surface area contributed by atoms with Gasteiger partial charge in [0.05, 0.1) is 0 Å². The molecule has 1 saturated carbocycles. The Kier molecular flexibility index (Phi) is 4.87. The van der Waals surface area contributed by atoms with Gasteiger partial charge in [0.15, 0.2) is 0 Å². The third-order valence-electron chi connectivity index (χ3n) is 4.93. The maximum Gasteiger partial charge on any atom is 0.0166 e. The first kappa shape index (κ1) is 13.4. The summed E-state index contributed by atoms with van der Waals surface area (Å²) in [5, 5.41) is 0. The SMILES string of the molecule is CCCC1CCN(CCC2(N)CCCC2)CC1. The van der Waals surface area contributed by atoms with Crippen molar-refractivity contribution in [2.75, 3.05) is 19.6 Å². The van der Waals surface area contributed by atoms with E-state index in [1.54, 1.807) is 0 Å². The lowest BCUT2D eigenvalue weighted by Gasteiger charge is -2.34. The fourth-order valence-corrected chi connectivity index (χ4v) is 3.62. The van der Waals surface area contributed by atoms with Crippen molar-refractivity contribution in [1.29, 1.82) is 0 Å². The standard InChI is InChI=1S/C15H30N2/c1-2-5-14-6-11-17(12-7-14)13-10-15(16)8-3-4-9-15/h14H,2-13,16H2,1H3. The summed E-state index contributed by atoms with van der Waals surface area (Å²) in [4.78, 5) is 2.65. The predicted octanol–water partition coefficient (Wildman–Crippen LogP) is 3.16. The highest BCUT2D eigenvalue weighted by atomic mass is 15.1. The Labute approximate surface area is 107 Å². The molecule has 0 aromatic carbocycles. The molecule has 2 N–H and O–H groups in total. The van der Waals surface area contributed by atoms with Crippen LogP contribution in [0.5, 0.6) is 0 Å². The van der Waals surface area contributed by atoms with E-state index in [-0.39, 0.29) is 5.54 Å². The number of nitrogens with two attached hydrogens (primary N) is 1. The number of likely N-dealkylation sites (tertiary alicyclic amines) is 1. The van der Waals surface area contributed by atoms with Gasteiger partial charge in [0.1, 0.15) is 0 Å². The van der Waals surface area contributed by atoms with Crippen LogP contribution >= 0.6 is 0 Å². The van der Waals surface area contributed by atoms with Crippen molar-refractivity contribution in [3.8, 4) is 0 Å². The highest BCUT2D eigenvalue weighted by Gasteiger charge is 2.30. The normalized spacial score (nSPS) is 26.5. The van der Waals surface area contributed by atoms with Gasteiger partial charge in [-0.1, -0.05) is 32.6 Å². The lowest BCUT2D eigenvalue weighted by atomic mass is 9.91. The van der Waals surface area contributed by atoms with E-state index in [9.17, 15) is 0 Å². The number of nitrogens with zero attached hydrogens (tertiary/aromatic N) is 1. The van der Waals surface area contributed by atoms with Crippen LogP contribution in [0.15, 0.2) is 0 Å². The number of rotatable bonds is 5. The molecule has 0 spiro atoms. The first-order chi connectivity index (χ1) is 8.22. The van der Waals surface area contributed by atoms with E-state index in [4.69, 9.17) is 5.73 Å². The van der Waals surface area contributed by atoms with Crippen LogP contribution in [0.25, 0.3) is 0 Å². The van der Waals surface area contributed by atoms with Gasteiger partial charge in [0, 0.05) is 5.54 Å². The molecular formula is C15H30N2. The van der Waals surface area contributed by atoms with E-state index in [2.05, 4.69) is 11.8 Å². The Hall–Kier alpha value is -0.0800. The molecule has 0 aromatic rings. The second kappa shape index (κ2) is 6.19. The first-order valence-corrected chi connectivity index (χ1v) is 7.73. The average molecular weight is 238 g/mol. The summed E-state index contributed by atoms with van der Waals surface area (Å²) in [6.07, 6.45) is 12.1. The summed E-state index contributed by atoms with van der Waals surface area (Å²) in [5.74, 6) is 1.01. The Bertz CT molecular complexity index is 213. The molecule has 0 aromatic heterocycles. The highest BCUT2D eigenvalue weighted by Crippen LogP contribution is 2.31. The summed E-state index contributed by atoms with van der Waals surface area (Å²) >= 11 is 0. The van der Waals surface area contributed by atoms with Crippen molar-refractivity contribution in [1.82, 2.24) is 4.90 Å². The van der Waals surface area contributed by atoms with Crippen LogP contribution in [0.3, 0.4) is 0 Å². The van der Waals surface area contributed by atoms with Crippen LogP contribution in [0.4, 0.5) is 0 Å². The average Bonchev–Trinajstić information content (AvgIpc) is 2.76. The van der Waals surface area contributed by atoms with E-state index in [1.165, 1.54) is 77.4 Å². The molecule has 100 valence electrons. The van der Waals surface area contributed by atoms with E-state index in [1.807, 2.05) is 0 Å². The van der Waals surface area contributed by atoms with Gasteiger partial charge in [-0.2, -0.15) is 0 Å². The molecular weight excluding hydrogens is 208 g/mol. The van der Waals surface area contributed by atoms with E-state index in [0.717, 1.165) is 5.92 Å². The molecule has 1 saturated heterocycles. The quantitative estimate of drug-likeness (QED) is 0.797. The molecule has 0 radical (unpaired) electrons. The van der Waals surface area contributed by atoms with Crippen LogP contribution in [0, 0.1) is 5.92 Å². The molecule has 0 bridgehead atoms. The van der Waals surface area contributed by atoms with Gasteiger partial charge in [0.25, 0.3) is 0 Å². The second-order valence-corrected chi connectivity index (χ2v) is 6.39. The zero-order chi connectivity index (χ0) is 12.1. The summed E-state index contributed by atoms with van der Waals surface area (Å²) in [5.41, 5.74) is 6.62. The lowest BCUT2D eigenvalue weighted by Crippen LogP contribution is -2.42. The van der Waals surface area contributed by atoms with Crippen LogP contribution in [0.2, 0.25) is 0 Å². The van der Waals surface area contributed by atoms with Crippen molar-refractivity contribution >= 4 is 0 Å². The minimum atomic E-state index is 0.195. The largest absolute Gasteiger partial charge is 0.325 e. The van der Waals surface area contributed by atoms with Gasteiger partial charge < -0.3 is 10.6 Å². The molecule has 2 rings (SSSR count). The Morgan fingerprint density at radius 1 is 1.18 bits per heavy atom. The molecule has 0 atom stereocenters. The van der Waals surface area contributed by atoms with Crippen molar-refractivity contribution in [2.24, 2.45) is 11.7 Å². The van der Waals surface area contributed by atoms with Crippen LogP contribution in [0.1, 0.15) is 64.7 Å². The fourth-order valence-electron chi connectivity index (χ4n) is 3.62. The molecule has 17 heavy (non-hydrogen) atoms. The zero-order valence-corrected chi connectivity index (χ0v) is 11.6. The zero-order valence-electron chi connectivity index (χ0n) is 11.6. The van der Waals surface area contributed by atoms with Gasteiger partial charge in [-0.25, -0.2) is 0 Å². The topological polar surface area (TPSA) is 29.3 Å². The minimum Gasteiger partial charge on any atom is -0.325 e. The molecule has 1 heterocycles. The second-order valence-electron chi connectivity index (χ2n) is 6.39. The fraction of sp³-hybridized carbons (Fsp3) is 1.00. The maximum absolute atomic E-state index is 6.42. The van der Waals surface area contributed by atoms with Gasteiger partial charge >= 0.3 is 0 Å². The first-order valence-electron chi connectivity index (χ1n) is 7.73. The molecule has 1 aliphatic carbocycles. The molecule has 0 unspecified atom stereocenters. The van der Waals surface area contributed by atoms with Crippen molar-refractivity contribution in [3.05, 3.63) is 0 Å². The molecule has 1 aliphatic heterocycles. The number of hydrogen-bond acceptors (Lipinski definition) is 2. The van der Waals surface area contributed by atoms with Crippen molar-refractivity contribution in [2.45, 2.75) is 70.3 Å². The minimum absolute atomic E-state index is 0.195. The smallest absolute Gasteiger partial charge is 0.0166 e. The van der Waals surface area contributed by atoms with Crippen LogP contribution in [-0.2, 0) is 0 Å². The maximum atomic E-state index is 6.42. The van der Waals surface area contributed by atoms with E-state index >= 15 is 0 Å². The van der Waals surface area contributed by atoms with Crippen LogP contribution in [-0.4, -0.2) is 30.1 Å². The summed E-state index contributed by atoms with van der Waals surface area (Å²) in [6.45, 7) is 6.20. The monoisotopic (exact) mass is 238 g/mol. The predicted molar refractivity (Wildman–Crippen MR) is 74.1 cm³/mol. The van der Waals surface area contributed by atoms with E-state index < -0.39 is 0 Å². The summed E-state index contributed by atoms with van der Waals surface area (Å²) in [7, 11) is 0. The summed E-state index contributed by atoms with van der Waals surface area (Å²) < 4.78 is 0. The number of hydrogen-bond donors (Lipinski definition) is 1. The highest BCUT2D eigenvalue weighted by molar-refractivity contribution is 4.90. The lowest BCUT2D eigenvalue weighted by molar-refractivity contribution is 0.164. The third kappa shape index (κ3) is 3.96. The molecule has 2 aliphatic rings. The Morgan fingerprint density at radius 3 is 2.41 bits per heavy atom. The molecule has 2 fully saturated rings. The van der Waals surface area contributed by atoms with Crippen molar-refractivity contribution in [3.63, 3.8) is 0 Å². The van der Waals surface area contributed by atoms with Crippen molar-refractivity contribution < 1.29 is 0 Å². The van der Waals surface area contributed by atoms with Gasteiger partial charge in [0.2, 0.25) is 0 Å². The van der Waals surface area contributed by atoms with Crippen LogP contribution < -0.4 is 5.73 Å². The molecule has 2 heteroatoms. The van der Waals surface area contributed by atoms with Gasteiger partial charge in [-0.3, -0.25) is 0 Å². The van der Waals surface area contributed by atoms with E-state index in [0.29, 0.717) is 0 Å². The van der Waals surface area contributed by atoms with Gasteiger partial charge in [-0.15, -0.1) is 0 Å². The molecule has 2 nitrogen and oxygen atoms in total.